The fourth-order valence-corrected chi connectivity index (χ4v) is 1.67. The Bertz CT molecular complexity index is 240. The van der Waals surface area contributed by atoms with Crippen LogP contribution in [0.5, 0.6) is 0 Å². The maximum absolute atomic E-state index is 11.5. The summed E-state index contributed by atoms with van der Waals surface area (Å²) in [6.07, 6.45) is 2.19. The van der Waals surface area contributed by atoms with Crippen molar-refractivity contribution in [1.82, 2.24) is 16.0 Å². The molecule has 5 nitrogen and oxygen atoms in total. The van der Waals surface area contributed by atoms with Crippen molar-refractivity contribution in [3.63, 3.8) is 0 Å². The summed E-state index contributed by atoms with van der Waals surface area (Å²) >= 11 is 0. The Kier molecular flexibility index (Phi) is 2.67. The van der Waals surface area contributed by atoms with E-state index in [-0.39, 0.29) is 23.9 Å². The third-order valence-corrected chi connectivity index (χ3v) is 2.75. The van der Waals surface area contributed by atoms with Gasteiger partial charge in [-0.1, -0.05) is 0 Å². The highest BCUT2D eigenvalue weighted by molar-refractivity contribution is 5.83. The van der Waals surface area contributed by atoms with Crippen LogP contribution >= 0.6 is 0 Å². The van der Waals surface area contributed by atoms with E-state index in [2.05, 4.69) is 16.0 Å². The fraction of sp³-hybridized carbons (Fsp3) is 0.778. The van der Waals surface area contributed by atoms with Crippen LogP contribution in [0.1, 0.15) is 19.3 Å². The van der Waals surface area contributed by atoms with Crippen LogP contribution in [0.2, 0.25) is 0 Å². The molecule has 0 bridgehead atoms. The van der Waals surface area contributed by atoms with Crippen LogP contribution in [0.4, 0.5) is 0 Å². The van der Waals surface area contributed by atoms with Gasteiger partial charge in [0, 0.05) is 19.0 Å². The predicted molar refractivity (Wildman–Crippen MR) is 50.6 cm³/mol. The van der Waals surface area contributed by atoms with Gasteiger partial charge in [-0.15, -0.1) is 0 Å². The summed E-state index contributed by atoms with van der Waals surface area (Å²) in [4.78, 5) is 22.3. The molecule has 0 aromatic rings. The minimum absolute atomic E-state index is 0.00683. The minimum Gasteiger partial charge on any atom is -0.354 e. The van der Waals surface area contributed by atoms with E-state index in [0.717, 1.165) is 19.4 Å². The first-order valence-electron chi connectivity index (χ1n) is 5.06. The quantitative estimate of drug-likeness (QED) is 0.517. The smallest absolute Gasteiger partial charge is 0.237 e. The first-order chi connectivity index (χ1) is 6.75. The third kappa shape index (κ3) is 2.04. The molecule has 0 aromatic heterocycles. The Hall–Kier alpha value is -1.10. The van der Waals surface area contributed by atoms with Crippen LogP contribution in [-0.2, 0) is 9.59 Å². The maximum Gasteiger partial charge on any atom is 0.237 e. The number of nitrogens with one attached hydrogen (secondary N) is 3. The van der Waals surface area contributed by atoms with Crippen LogP contribution in [0.3, 0.4) is 0 Å². The summed E-state index contributed by atoms with van der Waals surface area (Å²) in [5, 5.41) is 8.71. The van der Waals surface area contributed by atoms with Gasteiger partial charge in [-0.05, 0) is 19.4 Å². The number of amides is 2. The molecular formula is C9H15N3O2. The van der Waals surface area contributed by atoms with Crippen LogP contribution in [0.25, 0.3) is 0 Å². The third-order valence-electron chi connectivity index (χ3n) is 2.75. The molecule has 5 heteroatoms. The van der Waals surface area contributed by atoms with Crippen molar-refractivity contribution in [2.24, 2.45) is 0 Å². The summed E-state index contributed by atoms with van der Waals surface area (Å²) in [6, 6.07) is 0.107. The lowest BCUT2D eigenvalue weighted by Gasteiger charge is -2.30. The highest BCUT2D eigenvalue weighted by Gasteiger charge is 2.27. The number of carbonyl (C=O) groups is 2. The summed E-state index contributed by atoms with van der Waals surface area (Å²) < 4.78 is 0. The number of carbonyl (C=O) groups excluding carboxylic acids is 2. The van der Waals surface area contributed by atoms with Gasteiger partial charge in [0.15, 0.2) is 0 Å². The first-order valence-corrected chi connectivity index (χ1v) is 5.06. The SMILES string of the molecule is O=C1CCC(NC(=O)[C@H]2CCN2)CN1. The van der Waals surface area contributed by atoms with Crippen LogP contribution in [-0.4, -0.2) is 37.0 Å². The molecule has 0 radical (unpaired) electrons. The summed E-state index contributed by atoms with van der Waals surface area (Å²) in [6.45, 7) is 1.50. The van der Waals surface area contributed by atoms with Gasteiger partial charge < -0.3 is 16.0 Å². The number of rotatable bonds is 2. The highest BCUT2D eigenvalue weighted by atomic mass is 16.2. The molecule has 2 aliphatic heterocycles. The molecule has 2 atom stereocenters. The highest BCUT2D eigenvalue weighted by Crippen LogP contribution is 2.06. The maximum atomic E-state index is 11.5. The standard InChI is InChI=1S/C9H15N3O2/c13-8-2-1-6(5-11-8)12-9(14)7-3-4-10-7/h6-7,10H,1-5H2,(H,11,13)(H,12,14)/t6?,7-/m1/s1. The van der Waals surface area contributed by atoms with Crippen molar-refractivity contribution in [3.8, 4) is 0 Å². The topological polar surface area (TPSA) is 70.2 Å². The fourth-order valence-electron chi connectivity index (χ4n) is 1.67. The number of hydrogen-bond acceptors (Lipinski definition) is 3. The molecule has 2 saturated heterocycles. The molecule has 2 rings (SSSR count). The van der Waals surface area contributed by atoms with Gasteiger partial charge >= 0.3 is 0 Å². The van der Waals surface area contributed by atoms with E-state index >= 15 is 0 Å². The Labute approximate surface area is 82.6 Å². The van der Waals surface area contributed by atoms with E-state index in [9.17, 15) is 9.59 Å². The molecule has 0 aromatic carbocycles. The Balaban J connectivity index is 1.74. The number of piperidine rings is 1. The van der Waals surface area contributed by atoms with Crippen molar-refractivity contribution < 1.29 is 9.59 Å². The second kappa shape index (κ2) is 3.96. The van der Waals surface area contributed by atoms with Crippen molar-refractivity contribution in [2.75, 3.05) is 13.1 Å². The zero-order valence-electron chi connectivity index (χ0n) is 8.01. The van der Waals surface area contributed by atoms with Gasteiger partial charge in [-0.25, -0.2) is 0 Å². The van der Waals surface area contributed by atoms with Gasteiger partial charge in [0.05, 0.1) is 6.04 Å². The molecule has 0 saturated carbocycles. The van der Waals surface area contributed by atoms with E-state index < -0.39 is 0 Å². The van der Waals surface area contributed by atoms with Gasteiger partial charge in [0.1, 0.15) is 0 Å². The molecule has 2 amide bonds. The average molecular weight is 197 g/mol. The molecule has 2 heterocycles. The van der Waals surface area contributed by atoms with Crippen LogP contribution in [0.15, 0.2) is 0 Å². The van der Waals surface area contributed by atoms with E-state index in [1.54, 1.807) is 0 Å². The largest absolute Gasteiger partial charge is 0.354 e. The molecule has 78 valence electrons. The van der Waals surface area contributed by atoms with Crippen molar-refractivity contribution in [2.45, 2.75) is 31.3 Å². The lowest BCUT2D eigenvalue weighted by molar-refractivity contribution is -0.127. The molecule has 1 unspecified atom stereocenters. The Morgan fingerprint density at radius 3 is 2.71 bits per heavy atom. The minimum atomic E-state index is -0.00683. The lowest BCUT2D eigenvalue weighted by Crippen LogP contribution is -2.57. The summed E-state index contributed by atoms with van der Waals surface area (Å²) in [5.74, 6) is 0.148. The van der Waals surface area contributed by atoms with Crippen molar-refractivity contribution in [1.29, 1.82) is 0 Å². The molecule has 14 heavy (non-hydrogen) atoms. The van der Waals surface area contributed by atoms with Gasteiger partial charge in [-0.3, -0.25) is 9.59 Å². The average Bonchev–Trinajstić information content (AvgIpc) is 2.06. The number of hydrogen-bond donors (Lipinski definition) is 3. The van der Waals surface area contributed by atoms with E-state index in [1.165, 1.54) is 0 Å². The predicted octanol–water partition coefficient (Wildman–Crippen LogP) is -1.26. The summed E-state index contributed by atoms with van der Waals surface area (Å²) in [5.41, 5.74) is 0. The zero-order chi connectivity index (χ0) is 9.97. The Morgan fingerprint density at radius 1 is 1.43 bits per heavy atom. The normalized spacial score (nSPS) is 31.6. The first kappa shape index (κ1) is 9.45. The molecule has 0 aliphatic carbocycles. The molecule has 3 N–H and O–H groups in total. The van der Waals surface area contributed by atoms with Crippen molar-refractivity contribution >= 4 is 11.8 Å². The molecule has 0 spiro atoms. The lowest BCUT2D eigenvalue weighted by atomic mass is 10.0. The monoisotopic (exact) mass is 197 g/mol. The van der Waals surface area contributed by atoms with Gasteiger partial charge in [0.25, 0.3) is 0 Å². The molecule has 2 aliphatic rings. The zero-order valence-corrected chi connectivity index (χ0v) is 8.01. The second-order valence-corrected chi connectivity index (χ2v) is 3.84. The second-order valence-electron chi connectivity index (χ2n) is 3.84. The van der Waals surface area contributed by atoms with Crippen molar-refractivity contribution in [3.05, 3.63) is 0 Å². The Morgan fingerprint density at radius 2 is 2.21 bits per heavy atom. The van der Waals surface area contributed by atoms with E-state index in [1.807, 2.05) is 0 Å². The van der Waals surface area contributed by atoms with Gasteiger partial charge in [-0.2, -0.15) is 0 Å². The molecule has 2 fully saturated rings. The van der Waals surface area contributed by atoms with Crippen LogP contribution in [0, 0.1) is 0 Å². The van der Waals surface area contributed by atoms with Gasteiger partial charge in [0.2, 0.25) is 11.8 Å². The molecular weight excluding hydrogens is 182 g/mol. The van der Waals surface area contributed by atoms with E-state index in [4.69, 9.17) is 0 Å². The summed E-state index contributed by atoms with van der Waals surface area (Å²) in [7, 11) is 0. The van der Waals surface area contributed by atoms with E-state index in [0.29, 0.717) is 13.0 Å². The van der Waals surface area contributed by atoms with Crippen LogP contribution < -0.4 is 16.0 Å².